The van der Waals surface area contributed by atoms with Crippen LogP contribution in [-0.4, -0.2) is 25.5 Å². The molecule has 21 heavy (non-hydrogen) atoms. The highest BCUT2D eigenvalue weighted by molar-refractivity contribution is 7.89. The van der Waals surface area contributed by atoms with Gasteiger partial charge in [0.2, 0.25) is 10.0 Å². The van der Waals surface area contributed by atoms with Gasteiger partial charge in [-0.15, -0.1) is 0 Å². The predicted molar refractivity (Wildman–Crippen MR) is 75.1 cm³/mol. The summed E-state index contributed by atoms with van der Waals surface area (Å²) in [6, 6.07) is 2.76. The van der Waals surface area contributed by atoms with Gasteiger partial charge in [0.1, 0.15) is 10.7 Å². The lowest BCUT2D eigenvalue weighted by Gasteiger charge is -2.26. The molecule has 0 amide bonds. The minimum Gasteiger partial charge on any atom is -0.481 e. The van der Waals surface area contributed by atoms with Gasteiger partial charge in [-0.05, 0) is 43.9 Å². The van der Waals surface area contributed by atoms with Crippen LogP contribution in [0.3, 0.4) is 0 Å². The van der Waals surface area contributed by atoms with E-state index in [0.29, 0.717) is 25.7 Å². The number of carbonyl (C=O) groups is 1. The molecule has 116 valence electrons. The second-order valence-electron chi connectivity index (χ2n) is 5.08. The molecule has 0 saturated heterocycles. The number of hydrogen-bond acceptors (Lipinski definition) is 3. The predicted octanol–water partition coefficient (Wildman–Crippen LogP) is 2.40. The van der Waals surface area contributed by atoms with Crippen molar-refractivity contribution >= 4 is 27.6 Å². The zero-order valence-electron chi connectivity index (χ0n) is 11.1. The van der Waals surface area contributed by atoms with Gasteiger partial charge in [0.15, 0.2) is 0 Å². The van der Waals surface area contributed by atoms with E-state index in [1.165, 1.54) is 0 Å². The lowest BCUT2D eigenvalue weighted by atomic mass is 9.87. The third-order valence-electron chi connectivity index (χ3n) is 3.58. The molecule has 0 unspecified atom stereocenters. The molecule has 0 aromatic heterocycles. The lowest BCUT2D eigenvalue weighted by Crippen LogP contribution is -2.38. The van der Waals surface area contributed by atoms with Crippen LogP contribution in [0.1, 0.15) is 25.7 Å². The van der Waals surface area contributed by atoms with Crippen LogP contribution in [0.5, 0.6) is 0 Å². The van der Waals surface area contributed by atoms with Gasteiger partial charge in [-0.25, -0.2) is 17.5 Å². The lowest BCUT2D eigenvalue weighted by molar-refractivity contribution is -0.142. The van der Waals surface area contributed by atoms with Crippen molar-refractivity contribution in [2.45, 2.75) is 36.6 Å². The molecule has 2 rings (SSSR count). The number of carboxylic acid groups (broad SMARTS) is 1. The van der Waals surface area contributed by atoms with Gasteiger partial charge in [-0.3, -0.25) is 4.79 Å². The number of aliphatic carboxylic acids is 1. The fourth-order valence-corrected chi connectivity index (χ4v) is 4.27. The van der Waals surface area contributed by atoms with Crippen molar-refractivity contribution in [2.24, 2.45) is 5.92 Å². The Bertz CT molecular complexity index is 642. The van der Waals surface area contributed by atoms with E-state index >= 15 is 0 Å². The summed E-state index contributed by atoms with van der Waals surface area (Å²) in [4.78, 5) is 10.7. The molecule has 0 heterocycles. The first-order valence-corrected chi connectivity index (χ1v) is 8.36. The summed E-state index contributed by atoms with van der Waals surface area (Å²) < 4.78 is 39.9. The van der Waals surface area contributed by atoms with E-state index in [9.17, 15) is 17.6 Å². The number of carboxylic acids is 1. The maximum atomic E-state index is 13.0. The third-order valence-corrected chi connectivity index (χ3v) is 5.59. The van der Waals surface area contributed by atoms with Crippen LogP contribution in [0.15, 0.2) is 23.1 Å². The van der Waals surface area contributed by atoms with Gasteiger partial charge in [-0.1, -0.05) is 11.6 Å². The molecule has 0 radical (unpaired) electrons. The van der Waals surface area contributed by atoms with Gasteiger partial charge < -0.3 is 5.11 Å². The number of sulfonamides is 1. The third kappa shape index (κ3) is 3.93. The second kappa shape index (κ2) is 6.29. The van der Waals surface area contributed by atoms with Crippen molar-refractivity contribution in [3.05, 3.63) is 29.0 Å². The summed E-state index contributed by atoms with van der Waals surface area (Å²) in [7, 11) is -3.84. The minimum atomic E-state index is -3.84. The number of hydrogen-bond donors (Lipinski definition) is 2. The van der Waals surface area contributed by atoms with E-state index in [4.69, 9.17) is 16.7 Å². The number of nitrogens with one attached hydrogen (secondary N) is 1. The van der Waals surface area contributed by atoms with E-state index in [1.807, 2.05) is 0 Å². The van der Waals surface area contributed by atoms with Crippen LogP contribution in [0.4, 0.5) is 4.39 Å². The van der Waals surface area contributed by atoms with Crippen molar-refractivity contribution < 1.29 is 22.7 Å². The van der Waals surface area contributed by atoms with E-state index in [2.05, 4.69) is 4.72 Å². The zero-order valence-corrected chi connectivity index (χ0v) is 12.6. The van der Waals surface area contributed by atoms with Gasteiger partial charge in [-0.2, -0.15) is 0 Å². The molecule has 5 nitrogen and oxygen atoms in total. The normalized spacial score (nSPS) is 23.0. The highest BCUT2D eigenvalue weighted by Gasteiger charge is 2.29. The standard InChI is InChI=1S/C13H15ClFNO4S/c14-11-7-9(15)3-6-12(11)21(19,20)16-10-4-1-8(2-5-10)13(17)18/h3,6-8,10,16H,1-2,4-5H2,(H,17,18). The smallest absolute Gasteiger partial charge is 0.306 e. The van der Waals surface area contributed by atoms with Crippen molar-refractivity contribution in [1.82, 2.24) is 4.72 Å². The second-order valence-corrected chi connectivity index (χ2v) is 7.17. The van der Waals surface area contributed by atoms with Crippen LogP contribution < -0.4 is 4.72 Å². The molecular formula is C13H15ClFNO4S. The maximum absolute atomic E-state index is 13.0. The summed E-state index contributed by atoms with van der Waals surface area (Å²) in [5.74, 6) is -1.88. The summed E-state index contributed by atoms with van der Waals surface area (Å²) in [6.07, 6.45) is 1.77. The molecule has 0 spiro atoms. The Kier molecular flexibility index (Phi) is 4.85. The van der Waals surface area contributed by atoms with Crippen molar-refractivity contribution in [1.29, 1.82) is 0 Å². The van der Waals surface area contributed by atoms with Gasteiger partial charge in [0.05, 0.1) is 10.9 Å². The van der Waals surface area contributed by atoms with Gasteiger partial charge in [0.25, 0.3) is 0 Å². The van der Waals surface area contributed by atoms with Gasteiger partial charge in [0, 0.05) is 6.04 Å². The van der Waals surface area contributed by atoms with Gasteiger partial charge >= 0.3 is 5.97 Å². The summed E-state index contributed by atoms with van der Waals surface area (Å²) in [5.41, 5.74) is 0. The molecule has 0 aliphatic heterocycles. The zero-order chi connectivity index (χ0) is 15.6. The van der Waals surface area contributed by atoms with Crippen LogP contribution in [-0.2, 0) is 14.8 Å². The summed E-state index contributed by atoms with van der Waals surface area (Å²) in [5, 5.41) is 8.73. The SMILES string of the molecule is O=C(O)C1CCC(NS(=O)(=O)c2ccc(F)cc2Cl)CC1. The fraction of sp³-hybridized carbons (Fsp3) is 0.462. The van der Waals surface area contributed by atoms with E-state index in [1.54, 1.807) is 0 Å². The first-order valence-electron chi connectivity index (χ1n) is 6.50. The molecule has 1 fully saturated rings. The average Bonchev–Trinajstić information content (AvgIpc) is 2.38. The quantitative estimate of drug-likeness (QED) is 0.885. The molecule has 0 atom stereocenters. The number of rotatable bonds is 4. The summed E-state index contributed by atoms with van der Waals surface area (Å²) in [6.45, 7) is 0. The molecule has 1 aliphatic carbocycles. The van der Waals surface area contributed by atoms with Crippen molar-refractivity contribution in [3.8, 4) is 0 Å². The largest absolute Gasteiger partial charge is 0.481 e. The monoisotopic (exact) mass is 335 g/mol. The van der Waals surface area contributed by atoms with E-state index in [-0.39, 0.29) is 16.0 Å². The Morgan fingerprint density at radius 1 is 1.29 bits per heavy atom. The van der Waals surface area contributed by atoms with E-state index < -0.39 is 27.7 Å². The molecule has 8 heteroatoms. The number of halogens is 2. The molecule has 1 saturated carbocycles. The Morgan fingerprint density at radius 2 is 1.90 bits per heavy atom. The first kappa shape index (κ1) is 16.2. The average molecular weight is 336 g/mol. The highest BCUT2D eigenvalue weighted by Crippen LogP contribution is 2.27. The Balaban J connectivity index is 2.07. The topological polar surface area (TPSA) is 83.5 Å². The molecule has 2 N–H and O–H groups in total. The highest BCUT2D eigenvalue weighted by atomic mass is 35.5. The fourth-order valence-electron chi connectivity index (χ4n) is 2.43. The Hall–Kier alpha value is -1.18. The molecule has 1 aromatic rings. The minimum absolute atomic E-state index is 0.175. The van der Waals surface area contributed by atoms with Crippen molar-refractivity contribution in [3.63, 3.8) is 0 Å². The molecular weight excluding hydrogens is 321 g/mol. The maximum Gasteiger partial charge on any atom is 0.306 e. The Labute approximate surface area is 127 Å². The summed E-state index contributed by atoms with van der Waals surface area (Å²) >= 11 is 5.76. The van der Waals surface area contributed by atoms with Crippen molar-refractivity contribution in [2.75, 3.05) is 0 Å². The Morgan fingerprint density at radius 3 is 2.43 bits per heavy atom. The van der Waals surface area contributed by atoms with Crippen LogP contribution >= 0.6 is 11.6 Å². The van der Waals surface area contributed by atoms with Crippen LogP contribution in [0.2, 0.25) is 5.02 Å². The molecule has 1 aromatic carbocycles. The van der Waals surface area contributed by atoms with Crippen LogP contribution in [0.25, 0.3) is 0 Å². The molecule has 0 bridgehead atoms. The van der Waals surface area contributed by atoms with E-state index in [0.717, 1.165) is 18.2 Å². The first-order chi connectivity index (χ1) is 9.79. The molecule has 1 aliphatic rings. The number of benzene rings is 1. The van der Waals surface area contributed by atoms with Crippen LogP contribution in [0, 0.1) is 11.7 Å².